The number of unbranched alkanes of at least 4 members (excludes halogenated alkanes) is 1. The number of nitrogen functional groups attached to an aromatic ring is 1. The monoisotopic (exact) mass is 637 g/mol. The van der Waals surface area contributed by atoms with Crippen molar-refractivity contribution in [1.82, 2.24) is 5.32 Å². The van der Waals surface area contributed by atoms with Gasteiger partial charge in [-0.15, -0.1) is 0 Å². The minimum atomic E-state index is -0.394. The molecule has 3 aromatic carbocycles. The molecule has 0 radical (unpaired) electrons. The van der Waals surface area contributed by atoms with Gasteiger partial charge in [0.15, 0.2) is 0 Å². The summed E-state index contributed by atoms with van der Waals surface area (Å²) in [6.45, 7) is 6.64. The van der Waals surface area contributed by atoms with E-state index in [1.807, 2.05) is 50.2 Å². The molecule has 0 heterocycles. The van der Waals surface area contributed by atoms with E-state index in [0.717, 1.165) is 16.9 Å². The standard InChI is InChI=1S/C17H25BrN2O4.C12H9Cl2N/c1-11(2)20-10-14-8-13(9-15(18)16(14)19)17(22)24-7-5-4-6-23-12(3)21;13-10-7-4-8-11(14)12(10)15-9-5-2-1-3-6-9/h8-9,11,20H,4-7,10,19H2,1-3H3;1-8,15H. The summed E-state index contributed by atoms with van der Waals surface area (Å²) in [5, 5.41) is 7.69. The third-order valence-electron chi connectivity index (χ3n) is 5.23. The number of hydrogen-bond donors (Lipinski definition) is 3. The number of rotatable bonds is 11. The summed E-state index contributed by atoms with van der Waals surface area (Å²) in [4.78, 5) is 22.8. The van der Waals surface area contributed by atoms with Gasteiger partial charge >= 0.3 is 11.9 Å². The van der Waals surface area contributed by atoms with Crippen LogP contribution in [0, 0.1) is 0 Å². The Morgan fingerprint density at radius 3 is 2.15 bits per heavy atom. The van der Waals surface area contributed by atoms with E-state index >= 15 is 0 Å². The number of esters is 2. The summed E-state index contributed by atoms with van der Waals surface area (Å²) in [7, 11) is 0. The van der Waals surface area contributed by atoms with Crippen molar-refractivity contribution in [3.63, 3.8) is 0 Å². The van der Waals surface area contributed by atoms with Gasteiger partial charge in [0.25, 0.3) is 0 Å². The zero-order valence-electron chi connectivity index (χ0n) is 22.2. The van der Waals surface area contributed by atoms with Crippen LogP contribution in [0.25, 0.3) is 0 Å². The first-order chi connectivity index (χ1) is 18.6. The quantitative estimate of drug-likeness (QED) is 0.112. The van der Waals surface area contributed by atoms with Crippen LogP contribution in [0.15, 0.2) is 65.1 Å². The van der Waals surface area contributed by atoms with Crippen molar-refractivity contribution in [2.75, 3.05) is 24.3 Å². The SMILES string of the molecule is CC(=O)OCCCCOC(=O)c1cc(Br)c(N)c(CNC(C)C)c1.Clc1cccc(Cl)c1Nc1ccccc1. The van der Waals surface area contributed by atoms with Crippen molar-refractivity contribution in [3.05, 3.63) is 86.3 Å². The van der Waals surface area contributed by atoms with E-state index in [0.29, 0.717) is 57.8 Å². The van der Waals surface area contributed by atoms with Crippen molar-refractivity contribution < 1.29 is 19.1 Å². The van der Waals surface area contributed by atoms with E-state index in [1.54, 1.807) is 24.3 Å². The molecule has 3 rings (SSSR count). The van der Waals surface area contributed by atoms with Gasteiger partial charge in [-0.3, -0.25) is 4.79 Å². The van der Waals surface area contributed by atoms with Crippen molar-refractivity contribution in [1.29, 1.82) is 0 Å². The van der Waals surface area contributed by atoms with E-state index in [9.17, 15) is 9.59 Å². The molecule has 0 amide bonds. The Bertz CT molecular complexity index is 1210. The summed E-state index contributed by atoms with van der Waals surface area (Å²) in [5.74, 6) is -0.699. The molecule has 0 fully saturated rings. The summed E-state index contributed by atoms with van der Waals surface area (Å²) < 4.78 is 10.7. The maximum Gasteiger partial charge on any atom is 0.338 e. The molecule has 210 valence electrons. The highest BCUT2D eigenvalue weighted by Gasteiger charge is 2.13. The van der Waals surface area contributed by atoms with Crippen LogP contribution in [0.2, 0.25) is 10.0 Å². The van der Waals surface area contributed by atoms with Crippen molar-refractivity contribution in [3.8, 4) is 0 Å². The van der Waals surface area contributed by atoms with Crippen LogP contribution in [-0.2, 0) is 20.8 Å². The van der Waals surface area contributed by atoms with Crippen molar-refractivity contribution in [2.45, 2.75) is 46.2 Å². The lowest BCUT2D eigenvalue weighted by atomic mass is 10.1. The molecule has 0 spiro atoms. The number of carbonyl (C=O) groups is 2. The predicted octanol–water partition coefficient (Wildman–Crippen LogP) is 7.77. The van der Waals surface area contributed by atoms with Gasteiger partial charge in [0, 0.05) is 29.7 Å². The Hall–Kier alpha value is -2.78. The van der Waals surface area contributed by atoms with Gasteiger partial charge in [-0.25, -0.2) is 4.79 Å². The van der Waals surface area contributed by atoms with E-state index in [1.165, 1.54) is 6.92 Å². The number of carbonyl (C=O) groups excluding carboxylic acids is 2. The van der Waals surface area contributed by atoms with E-state index in [4.69, 9.17) is 38.4 Å². The number of anilines is 3. The second-order valence-electron chi connectivity index (χ2n) is 8.84. The van der Waals surface area contributed by atoms with Crippen LogP contribution < -0.4 is 16.4 Å². The highest BCUT2D eigenvalue weighted by atomic mass is 79.9. The van der Waals surface area contributed by atoms with Gasteiger partial charge in [0.2, 0.25) is 0 Å². The summed E-state index contributed by atoms with van der Waals surface area (Å²) in [6.07, 6.45) is 1.29. The number of ether oxygens (including phenoxy) is 2. The topological polar surface area (TPSA) is 103 Å². The van der Waals surface area contributed by atoms with Gasteiger partial charge in [0.1, 0.15) is 0 Å². The van der Waals surface area contributed by atoms with Gasteiger partial charge in [-0.1, -0.05) is 61.3 Å². The third kappa shape index (κ3) is 11.9. The fourth-order valence-corrected chi connectivity index (χ4v) is 4.20. The lowest BCUT2D eigenvalue weighted by molar-refractivity contribution is -0.141. The van der Waals surface area contributed by atoms with Gasteiger partial charge in [-0.05, 0) is 70.7 Å². The summed E-state index contributed by atoms with van der Waals surface area (Å²) in [5.41, 5.74) is 9.66. The number of nitrogens with two attached hydrogens (primary N) is 1. The largest absolute Gasteiger partial charge is 0.466 e. The predicted molar refractivity (Wildman–Crippen MR) is 163 cm³/mol. The van der Waals surface area contributed by atoms with E-state index in [-0.39, 0.29) is 12.6 Å². The molecular weight excluding hydrogens is 605 g/mol. The second kappa shape index (κ2) is 17.0. The molecule has 0 aliphatic heterocycles. The lowest BCUT2D eigenvalue weighted by Gasteiger charge is -2.13. The van der Waals surface area contributed by atoms with Crippen LogP contribution in [0.5, 0.6) is 0 Å². The van der Waals surface area contributed by atoms with Crippen LogP contribution in [0.4, 0.5) is 17.1 Å². The number of para-hydroxylation sites is 2. The zero-order valence-corrected chi connectivity index (χ0v) is 25.3. The number of halogens is 3. The van der Waals surface area contributed by atoms with Crippen LogP contribution in [-0.4, -0.2) is 31.2 Å². The molecule has 0 saturated carbocycles. The van der Waals surface area contributed by atoms with Gasteiger partial charge in [-0.2, -0.15) is 0 Å². The first-order valence-electron chi connectivity index (χ1n) is 12.5. The molecule has 0 unspecified atom stereocenters. The molecule has 4 N–H and O–H groups in total. The first-order valence-corrected chi connectivity index (χ1v) is 14.0. The van der Waals surface area contributed by atoms with Crippen LogP contribution in [0.1, 0.15) is 49.5 Å². The Labute approximate surface area is 248 Å². The fourth-order valence-electron chi connectivity index (χ4n) is 3.20. The smallest absolute Gasteiger partial charge is 0.338 e. The number of nitrogens with one attached hydrogen (secondary N) is 2. The Morgan fingerprint density at radius 1 is 0.949 bits per heavy atom. The second-order valence-corrected chi connectivity index (χ2v) is 10.5. The molecule has 0 aliphatic carbocycles. The van der Waals surface area contributed by atoms with Crippen molar-refractivity contribution >= 4 is 68.1 Å². The summed E-state index contributed by atoms with van der Waals surface area (Å²) >= 11 is 15.4. The normalized spacial score (nSPS) is 10.4. The molecule has 0 aliphatic rings. The Morgan fingerprint density at radius 2 is 1.56 bits per heavy atom. The van der Waals surface area contributed by atoms with Crippen LogP contribution >= 0.6 is 39.1 Å². The minimum Gasteiger partial charge on any atom is -0.466 e. The minimum absolute atomic E-state index is 0.279. The van der Waals surface area contributed by atoms with Gasteiger partial charge in [0.05, 0.1) is 40.2 Å². The van der Waals surface area contributed by atoms with Crippen molar-refractivity contribution in [2.24, 2.45) is 0 Å². The average molecular weight is 639 g/mol. The molecule has 0 aromatic heterocycles. The van der Waals surface area contributed by atoms with E-state index < -0.39 is 5.97 Å². The lowest BCUT2D eigenvalue weighted by Crippen LogP contribution is -2.22. The molecular formula is C29H34BrCl2N3O4. The average Bonchev–Trinajstić information content (AvgIpc) is 2.89. The third-order valence-corrected chi connectivity index (χ3v) is 6.52. The Kier molecular flexibility index (Phi) is 14.2. The molecule has 39 heavy (non-hydrogen) atoms. The molecule has 7 nitrogen and oxygen atoms in total. The molecule has 0 bridgehead atoms. The summed E-state index contributed by atoms with van der Waals surface area (Å²) in [6, 6.07) is 18.9. The number of benzene rings is 3. The zero-order chi connectivity index (χ0) is 28.8. The fraction of sp³-hybridized carbons (Fsp3) is 0.310. The van der Waals surface area contributed by atoms with Gasteiger partial charge < -0.3 is 25.8 Å². The molecule has 10 heteroatoms. The maximum absolute atomic E-state index is 12.1. The highest BCUT2D eigenvalue weighted by molar-refractivity contribution is 9.10. The molecule has 0 atom stereocenters. The van der Waals surface area contributed by atoms with Crippen LogP contribution in [0.3, 0.4) is 0 Å². The highest BCUT2D eigenvalue weighted by Crippen LogP contribution is 2.32. The first kappa shape index (κ1) is 32.4. The maximum atomic E-state index is 12.1. The Balaban J connectivity index is 0.000000302. The number of hydrogen-bond acceptors (Lipinski definition) is 7. The molecule has 3 aromatic rings. The molecule has 0 saturated heterocycles. The van der Waals surface area contributed by atoms with E-state index in [2.05, 4.69) is 26.6 Å².